The van der Waals surface area contributed by atoms with Crippen LogP contribution in [-0.4, -0.2) is 17.3 Å². The Bertz CT molecular complexity index is 633. The van der Waals surface area contributed by atoms with Crippen LogP contribution in [0.2, 0.25) is 0 Å². The molecule has 0 unspecified atom stereocenters. The zero-order valence-electron chi connectivity index (χ0n) is 11.4. The van der Waals surface area contributed by atoms with E-state index in [4.69, 9.17) is 5.73 Å². The minimum atomic E-state index is 0.0995. The summed E-state index contributed by atoms with van der Waals surface area (Å²) in [5, 5.41) is 2.80. The number of fused-ring (bicyclic) bond motifs is 1. The summed E-state index contributed by atoms with van der Waals surface area (Å²) in [5.74, 6) is 0.0995. The van der Waals surface area contributed by atoms with Gasteiger partial charge in [0, 0.05) is 18.2 Å². The van der Waals surface area contributed by atoms with Gasteiger partial charge in [-0.05, 0) is 42.5 Å². The van der Waals surface area contributed by atoms with Gasteiger partial charge in [-0.25, -0.2) is 4.98 Å². The van der Waals surface area contributed by atoms with Crippen LogP contribution in [0.5, 0.6) is 0 Å². The number of rotatable bonds is 5. The monoisotopic (exact) mass is 286 g/mol. The Morgan fingerprint density at radius 3 is 3.00 bits per heavy atom. The third-order valence-corrected chi connectivity index (χ3v) is 4.63. The quantitative estimate of drug-likeness (QED) is 0.859. The second-order valence-electron chi connectivity index (χ2n) is 5.22. The fourth-order valence-corrected chi connectivity index (χ4v) is 3.51. The lowest BCUT2D eigenvalue weighted by molar-refractivity contribution is 0.0988. The van der Waals surface area contributed by atoms with Crippen molar-refractivity contribution in [3.05, 3.63) is 51.0 Å². The molecular weight excluding hydrogens is 268 g/mol. The van der Waals surface area contributed by atoms with Gasteiger partial charge in [-0.3, -0.25) is 4.79 Å². The Morgan fingerprint density at radius 2 is 2.15 bits per heavy atom. The van der Waals surface area contributed by atoms with Crippen LogP contribution in [0.15, 0.2) is 23.6 Å². The number of aryl methyl sites for hydroxylation is 2. The van der Waals surface area contributed by atoms with Crippen LogP contribution in [0.4, 0.5) is 0 Å². The molecule has 1 aromatic carbocycles. The van der Waals surface area contributed by atoms with E-state index in [-0.39, 0.29) is 5.78 Å². The molecule has 0 fully saturated rings. The van der Waals surface area contributed by atoms with Gasteiger partial charge in [0.15, 0.2) is 5.78 Å². The van der Waals surface area contributed by atoms with Gasteiger partial charge in [0.1, 0.15) is 5.69 Å². The Balaban J connectivity index is 1.71. The molecule has 0 aliphatic heterocycles. The maximum atomic E-state index is 12.2. The molecule has 0 radical (unpaired) electrons. The summed E-state index contributed by atoms with van der Waals surface area (Å²) in [6, 6.07) is 6.44. The predicted octanol–water partition coefficient (Wildman–Crippen LogP) is 2.56. The minimum Gasteiger partial charge on any atom is -0.330 e. The maximum absolute atomic E-state index is 12.2. The molecule has 3 rings (SSSR count). The highest BCUT2D eigenvalue weighted by atomic mass is 32.1. The van der Waals surface area contributed by atoms with Gasteiger partial charge in [0.05, 0.1) is 5.01 Å². The first-order valence-electron chi connectivity index (χ1n) is 7.04. The van der Waals surface area contributed by atoms with Crippen LogP contribution in [0.25, 0.3) is 0 Å². The predicted molar refractivity (Wildman–Crippen MR) is 81.4 cm³/mol. The molecule has 0 spiro atoms. The number of Topliss-reactive ketones (excluding diaryl/α,β-unsaturated/α-hetero) is 1. The molecule has 104 valence electrons. The number of benzene rings is 1. The second-order valence-corrected chi connectivity index (χ2v) is 6.16. The van der Waals surface area contributed by atoms with E-state index in [1.54, 1.807) is 0 Å². The smallest absolute Gasteiger partial charge is 0.186 e. The number of hydrogen-bond acceptors (Lipinski definition) is 4. The number of carbonyl (C=O) groups excluding carboxylic acids is 1. The average molecular weight is 286 g/mol. The van der Waals surface area contributed by atoms with Crippen LogP contribution in [0.1, 0.15) is 38.6 Å². The molecule has 0 saturated carbocycles. The highest BCUT2D eigenvalue weighted by Gasteiger charge is 2.14. The lowest BCUT2D eigenvalue weighted by Gasteiger charge is -2.03. The number of nitrogens with zero attached hydrogens (tertiary/aromatic N) is 1. The van der Waals surface area contributed by atoms with Crippen molar-refractivity contribution in [3.8, 4) is 0 Å². The minimum absolute atomic E-state index is 0.0995. The van der Waals surface area contributed by atoms with Crippen molar-refractivity contribution in [1.29, 1.82) is 0 Å². The summed E-state index contributed by atoms with van der Waals surface area (Å²) < 4.78 is 0. The molecule has 0 bridgehead atoms. The molecule has 2 aromatic rings. The van der Waals surface area contributed by atoms with Crippen LogP contribution >= 0.6 is 11.3 Å². The van der Waals surface area contributed by atoms with E-state index < -0.39 is 0 Å². The summed E-state index contributed by atoms with van der Waals surface area (Å²) in [7, 11) is 0. The van der Waals surface area contributed by atoms with Crippen LogP contribution in [0.3, 0.4) is 0 Å². The Kier molecular flexibility index (Phi) is 3.94. The van der Waals surface area contributed by atoms with Gasteiger partial charge in [-0.2, -0.15) is 0 Å². The first kappa shape index (κ1) is 13.5. The van der Waals surface area contributed by atoms with Crippen LogP contribution < -0.4 is 5.73 Å². The summed E-state index contributed by atoms with van der Waals surface area (Å²) in [4.78, 5) is 16.6. The molecule has 0 atom stereocenters. The normalized spacial score (nSPS) is 13.4. The number of carbonyl (C=O) groups is 1. The largest absolute Gasteiger partial charge is 0.330 e. The number of nitrogens with two attached hydrogens (primary N) is 1. The summed E-state index contributed by atoms with van der Waals surface area (Å²) in [6.45, 7) is 0.575. The Morgan fingerprint density at radius 1 is 1.30 bits per heavy atom. The summed E-state index contributed by atoms with van der Waals surface area (Å²) in [6.07, 6.45) is 4.75. The zero-order chi connectivity index (χ0) is 13.9. The van der Waals surface area contributed by atoms with Gasteiger partial charge in [-0.1, -0.05) is 18.2 Å². The van der Waals surface area contributed by atoms with Crippen molar-refractivity contribution in [3.63, 3.8) is 0 Å². The molecular formula is C16H18N2OS. The first-order valence-corrected chi connectivity index (χ1v) is 7.92. The van der Waals surface area contributed by atoms with E-state index in [0.29, 0.717) is 18.7 Å². The van der Waals surface area contributed by atoms with Gasteiger partial charge in [-0.15, -0.1) is 11.3 Å². The van der Waals surface area contributed by atoms with Crippen molar-refractivity contribution in [2.45, 2.75) is 32.1 Å². The lowest BCUT2D eigenvalue weighted by Crippen LogP contribution is -2.06. The van der Waals surface area contributed by atoms with E-state index in [1.165, 1.54) is 35.3 Å². The summed E-state index contributed by atoms with van der Waals surface area (Å²) in [5.41, 5.74) is 10.0. The van der Waals surface area contributed by atoms with Gasteiger partial charge < -0.3 is 5.73 Å². The maximum Gasteiger partial charge on any atom is 0.186 e. The van der Waals surface area contributed by atoms with E-state index in [0.717, 1.165) is 23.4 Å². The topological polar surface area (TPSA) is 56.0 Å². The van der Waals surface area contributed by atoms with Gasteiger partial charge in [0.2, 0.25) is 0 Å². The first-order chi connectivity index (χ1) is 9.76. The molecule has 4 heteroatoms. The van der Waals surface area contributed by atoms with Gasteiger partial charge in [0.25, 0.3) is 0 Å². The van der Waals surface area contributed by atoms with Crippen molar-refractivity contribution < 1.29 is 4.79 Å². The second kappa shape index (κ2) is 5.85. The molecule has 3 nitrogen and oxygen atoms in total. The SMILES string of the molecule is NCCc1nc(C(=O)Cc2ccc3c(c2)CCC3)cs1. The van der Waals surface area contributed by atoms with E-state index >= 15 is 0 Å². The molecule has 0 saturated heterocycles. The molecule has 0 amide bonds. The van der Waals surface area contributed by atoms with Crippen molar-refractivity contribution in [2.75, 3.05) is 6.54 Å². The standard InChI is InChI=1S/C16H18N2OS/c17-7-6-16-18-14(10-20-16)15(19)9-11-4-5-12-2-1-3-13(12)8-11/h4-5,8,10H,1-3,6-7,9,17H2. The van der Waals surface area contributed by atoms with Crippen LogP contribution in [-0.2, 0) is 25.7 Å². The van der Waals surface area contributed by atoms with Gasteiger partial charge >= 0.3 is 0 Å². The van der Waals surface area contributed by atoms with Crippen molar-refractivity contribution in [2.24, 2.45) is 5.73 Å². The van der Waals surface area contributed by atoms with Crippen LogP contribution in [0, 0.1) is 0 Å². The third kappa shape index (κ3) is 2.81. The Labute approximate surface area is 122 Å². The molecule has 1 aliphatic rings. The number of ketones is 1. The fraction of sp³-hybridized carbons (Fsp3) is 0.375. The number of aromatic nitrogens is 1. The molecule has 20 heavy (non-hydrogen) atoms. The van der Waals surface area contributed by atoms with E-state index in [1.807, 2.05) is 5.38 Å². The van der Waals surface area contributed by atoms with E-state index in [9.17, 15) is 4.79 Å². The van der Waals surface area contributed by atoms with Crippen molar-refractivity contribution in [1.82, 2.24) is 4.98 Å². The fourth-order valence-electron chi connectivity index (χ4n) is 2.69. The summed E-state index contributed by atoms with van der Waals surface area (Å²) >= 11 is 1.52. The number of hydrogen-bond donors (Lipinski definition) is 1. The lowest BCUT2D eigenvalue weighted by atomic mass is 10.0. The van der Waals surface area contributed by atoms with E-state index in [2.05, 4.69) is 23.2 Å². The highest BCUT2D eigenvalue weighted by Crippen LogP contribution is 2.23. The Hall–Kier alpha value is -1.52. The van der Waals surface area contributed by atoms with Crippen molar-refractivity contribution >= 4 is 17.1 Å². The average Bonchev–Trinajstić information content (AvgIpc) is 3.07. The highest BCUT2D eigenvalue weighted by molar-refractivity contribution is 7.09. The molecule has 1 aliphatic carbocycles. The molecule has 2 N–H and O–H groups in total. The molecule has 1 heterocycles. The third-order valence-electron chi connectivity index (χ3n) is 3.72. The number of thiazole rings is 1. The molecule has 1 aromatic heterocycles. The zero-order valence-corrected chi connectivity index (χ0v) is 12.2.